The molecule has 2 N–H and O–H groups in total. The summed E-state index contributed by atoms with van der Waals surface area (Å²) in [5.74, 6) is -0.332. The zero-order chi connectivity index (χ0) is 19.9. The Morgan fingerprint density at radius 1 is 0.964 bits per heavy atom. The van der Waals surface area contributed by atoms with Crippen LogP contribution < -0.4 is 10.6 Å². The van der Waals surface area contributed by atoms with Crippen LogP contribution in [0, 0.1) is 10.1 Å². The first-order valence-corrected chi connectivity index (χ1v) is 8.94. The molecule has 0 fully saturated rings. The molecule has 0 heterocycles. The summed E-state index contributed by atoms with van der Waals surface area (Å²) in [7, 11) is 1.49. The van der Waals surface area contributed by atoms with E-state index in [1.165, 1.54) is 13.1 Å². The minimum absolute atomic E-state index is 0.0284. The van der Waals surface area contributed by atoms with Crippen molar-refractivity contribution >= 4 is 17.3 Å². The molecule has 0 saturated carbocycles. The van der Waals surface area contributed by atoms with Crippen LogP contribution in [0.4, 0.5) is 11.4 Å². The minimum Gasteiger partial charge on any atom is -0.379 e. The largest absolute Gasteiger partial charge is 0.379 e. The second kappa shape index (κ2) is 8.81. The number of nitrogens with one attached hydrogen (secondary N) is 2. The molecule has 0 aromatic heterocycles. The Morgan fingerprint density at radius 2 is 1.54 bits per heavy atom. The summed E-state index contributed by atoms with van der Waals surface area (Å²) < 4.78 is 0. The van der Waals surface area contributed by atoms with Gasteiger partial charge in [-0.05, 0) is 23.3 Å². The molecule has 0 aliphatic heterocycles. The van der Waals surface area contributed by atoms with E-state index < -0.39 is 4.92 Å². The molecule has 0 spiro atoms. The number of nitrogens with zero attached hydrogens (tertiary/aromatic N) is 1. The van der Waals surface area contributed by atoms with Gasteiger partial charge in [0.15, 0.2) is 0 Å². The lowest BCUT2D eigenvalue weighted by Crippen LogP contribution is -2.18. The SMILES string of the molecule is CNC(=O)c1ccc(NCC(c2ccccc2)c2ccccc2)c([N+](=O)[O-])c1. The molecule has 0 aliphatic rings. The van der Waals surface area contributed by atoms with Crippen LogP contribution in [0.1, 0.15) is 27.4 Å². The fourth-order valence-corrected chi connectivity index (χ4v) is 3.13. The predicted octanol–water partition coefficient (Wildman–Crippen LogP) is 4.20. The topological polar surface area (TPSA) is 84.3 Å². The lowest BCUT2D eigenvalue weighted by atomic mass is 9.91. The van der Waals surface area contributed by atoms with Crippen molar-refractivity contribution < 1.29 is 9.72 Å². The molecule has 142 valence electrons. The van der Waals surface area contributed by atoms with Crippen LogP contribution in [0.15, 0.2) is 78.9 Å². The van der Waals surface area contributed by atoms with Gasteiger partial charge >= 0.3 is 0 Å². The number of rotatable bonds is 7. The van der Waals surface area contributed by atoms with Crippen LogP contribution in [0.3, 0.4) is 0 Å². The van der Waals surface area contributed by atoms with Gasteiger partial charge in [0.1, 0.15) is 5.69 Å². The number of carbonyl (C=O) groups is 1. The molecule has 0 aliphatic carbocycles. The summed E-state index contributed by atoms with van der Waals surface area (Å²) in [6, 6.07) is 24.5. The molecule has 3 aromatic rings. The standard InChI is InChI=1S/C22H21N3O3/c1-23-22(26)18-12-13-20(21(14-18)25(27)28)24-15-19(16-8-4-2-5-9-16)17-10-6-3-7-11-17/h2-14,19,24H,15H2,1H3,(H,23,26). The van der Waals surface area contributed by atoms with Gasteiger partial charge in [-0.1, -0.05) is 60.7 Å². The third kappa shape index (κ3) is 4.35. The Bertz CT molecular complexity index is 920. The Balaban J connectivity index is 1.89. The zero-order valence-electron chi connectivity index (χ0n) is 15.5. The van der Waals surface area contributed by atoms with E-state index in [4.69, 9.17) is 0 Å². The second-order valence-electron chi connectivity index (χ2n) is 6.32. The average molecular weight is 375 g/mol. The number of amides is 1. The Morgan fingerprint density at radius 3 is 2.04 bits per heavy atom. The molecule has 0 saturated heterocycles. The highest BCUT2D eigenvalue weighted by atomic mass is 16.6. The fourth-order valence-electron chi connectivity index (χ4n) is 3.13. The fraction of sp³-hybridized carbons (Fsp3) is 0.136. The average Bonchev–Trinajstić information content (AvgIpc) is 2.75. The Kier molecular flexibility index (Phi) is 6.01. The van der Waals surface area contributed by atoms with Gasteiger partial charge in [0.25, 0.3) is 11.6 Å². The number of nitro benzene ring substituents is 1. The van der Waals surface area contributed by atoms with Gasteiger partial charge in [-0.25, -0.2) is 0 Å². The molecule has 1 amide bonds. The number of nitro groups is 1. The van der Waals surface area contributed by atoms with Crippen molar-refractivity contribution in [2.75, 3.05) is 18.9 Å². The quantitative estimate of drug-likeness (QED) is 0.479. The molecule has 0 unspecified atom stereocenters. The van der Waals surface area contributed by atoms with E-state index in [1.807, 2.05) is 60.7 Å². The molecule has 3 rings (SSSR count). The van der Waals surface area contributed by atoms with Crippen molar-refractivity contribution in [2.45, 2.75) is 5.92 Å². The monoisotopic (exact) mass is 375 g/mol. The van der Waals surface area contributed by atoms with E-state index in [1.54, 1.807) is 12.1 Å². The van der Waals surface area contributed by atoms with Gasteiger partial charge in [-0.3, -0.25) is 14.9 Å². The first-order chi connectivity index (χ1) is 13.6. The summed E-state index contributed by atoms with van der Waals surface area (Å²) in [5, 5.41) is 17.2. The van der Waals surface area contributed by atoms with Crippen molar-refractivity contribution in [3.05, 3.63) is 106 Å². The summed E-state index contributed by atoms with van der Waals surface area (Å²) in [5.41, 5.74) is 2.74. The minimum atomic E-state index is -0.477. The highest BCUT2D eigenvalue weighted by Gasteiger charge is 2.19. The van der Waals surface area contributed by atoms with Crippen LogP contribution in [-0.2, 0) is 0 Å². The van der Waals surface area contributed by atoms with Gasteiger partial charge in [-0.15, -0.1) is 0 Å². The lowest BCUT2D eigenvalue weighted by molar-refractivity contribution is -0.384. The number of hydrogen-bond acceptors (Lipinski definition) is 4. The first kappa shape index (κ1) is 19.1. The molecule has 6 heteroatoms. The maximum Gasteiger partial charge on any atom is 0.293 e. The molecule has 0 bridgehead atoms. The van der Waals surface area contributed by atoms with Gasteiger partial charge in [0.2, 0.25) is 0 Å². The number of anilines is 1. The third-order valence-electron chi connectivity index (χ3n) is 4.58. The zero-order valence-corrected chi connectivity index (χ0v) is 15.5. The Labute approximate surface area is 163 Å². The smallest absolute Gasteiger partial charge is 0.293 e. The summed E-state index contributed by atoms with van der Waals surface area (Å²) in [6.45, 7) is 0.480. The van der Waals surface area contributed by atoms with E-state index in [0.29, 0.717) is 12.2 Å². The molecule has 3 aromatic carbocycles. The van der Waals surface area contributed by atoms with Gasteiger partial charge < -0.3 is 10.6 Å². The van der Waals surface area contributed by atoms with Gasteiger partial charge in [0.05, 0.1) is 4.92 Å². The molecule has 6 nitrogen and oxygen atoms in total. The first-order valence-electron chi connectivity index (χ1n) is 8.94. The second-order valence-corrected chi connectivity index (χ2v) is 6.32. The van der Waals surface area contributed by atoms with Gasteiger partial charge in [0, 0.05) is 31.1 Å². The number of carbonyl (C=O) groups excluding carboxylic acids is 1. The molecule has 0 radical (unpaired) electrons. The van der Waals surface area contributed by atoms with E-state index in [2.05, 4.69) is 10.6 Å². The van der Waals surface area contributed by atoms with E-state index in [9.17, 15) is 14.9 Å². The highest BCUT2D eigenvalue weighted by Crippen LogP contribution is 2.29. The molecular weight excluding hydrogens is 354 g/mol. The van der Waals surface area contributed by atoms with Crippen LogP contribution >= 0.6 is 0 Å². The summed E-state index contributed by atoms with van der Waals surface area (Å²) in [6.07, 6.45) is 0. The third-order valence-corrected chi connectivity index (χ3v) is 4.58. The Hall–Kier alpha value is -3.67. The maximum absolute atomic E-state index is 11.8. The van der Waals surface area contributed by atoms with Crippen molar-refractivity contribution in [3.8, 4) is 0 Å². The number of hydrogen-bond donors (Lipinski definition) is 2. The maximum atomic E-state index is 11.8. The van der Waals surface area contributed by atoms with Crippen LogP contribution in [0.25, 0.3) is 0 Å². The van der Waals surface area contributed by atoms with Crippen molar-refractivity contribution in [1.29, 1.82) is 0 Å². The van der Waals surface area contributed by atoms with Crippen LogP contribution in [0.5, 0.6) is 0 Å². The highest BCUT2D eigenvalue weighted by molar-refractivity contribution is 5.95. The van der Waals surface area contributed by atoms with Crippen molar-refractivity contribution in [2.24, 2.45) is 0 Å². The van der Waals surface area contributed by atoms with Crippen molar-refractivity contribution in [1.82, 2.24) is 5.32 Å². The molecule has 0 atom stereocenters. The van der Waals surface area contributed by atoms with E-state index in [0.717, 1.165) is 11.1 Å². The van der Waals surface area contributed by atoms with E-state index >= 15 is 0 Å². The number of benzene rings is 3. The van der Waals surface area contributed by atoms with Crippen molar-refractivity contribution in [3.63, 3.8) is 0 Å². The van der Waals surface area contributed by atoms with E-state index in [-0.39, 0.29) is 23.1 Å². The lowest BCUT2D eigenvalue weighted by Gasteiger charge is -2.19. The summed E-state index contributed by atoms with van der Waals surface area (Å²) in [4.78, 5) is 22.8. The predicted molar refractivity (Wildman–Crippen MR) is 110 cm³/mol. The molecular formula is C22H21N3O3. The van der Waals surface area contributed by atoms with Crippen LogP contribution in [-0.4, -0.2) is 24.4 Å². The van der Waals surface area contributed by atoms with Gasteiger partial charge in [-0.2, -0.15) is 0 Å². The summed E-state index contributed by atoms with van der Waals surface area (Å²) >= 11 is 0. The molecule has 28 heavy (non-hydrogen) atoms. The normalized spacial score (nSPS) is 10.5. The van der Waals surface area contributed by atoms with Crippen LogP contribution in [0.2, 0.25) is 0 Å².